The molecule has 0 bridgehead atoms. The Morgan fingerprint density at radius 3 is 2.41 bits per heavy atom. The lowest BCUT2D eigenvalue weighted by atomic mass is 9.91. The molecule has 3 aromatic rings. The van der Waals surface area contributed by atoms with Crippen LogP contribution < -0.4 is 0 Å². The molecule has 0 radical (unpaired) electrons. The number of amides is 1. The zero-order chi connectivity index (χ0) is 22.7. The van der Waals surface area contributed by atoms with Crippen molar-refractivity contribution in [2.24, 2.45) is 0 Å². The fraction of sp³-hybridized carbons (Fsp3) is 0.259. The number of aryl methyl sites for hydroxylation is 1. The van der Waals surface area contributed by atoms with E-state index in [0.29, 0.717) is 30.4 Å². The largest absolute Gasteiger partial charge is 0.337 e. The van der Waals surface area contributed by atoms with E-state index in [9.17, 15) is 4.79 Å². The molecule has 32 heavy (non-hydrogen) atoms. The number of hydrogen-bond acceptors (Lipinski definition) is 4. The van der Waals surface area contributed by atoms with Crippen LogP contribution >= 0.6 is 0 Å². The Morgan fingerprint density at radius 2 is 1.75 bits per heavy atom. The number of likely N-dealkylation sites (tertiary alicyclic amines) is 1. The van der Waals surface area contributed by atoms with E-state index in [-0.39, 0.29) is 5.91 Å². The van der Waals surface area contributed by atoms with Crippen LogP contribution in [-0.4, -0.2) is 38.8 Å². The first kappa shape index (κ1) is 21.6. The van der Waals surface area contributed by atoms with Crippen molar-refractivity contribution in [1.29, 1.82) is 0 Å². The zero-order valence-corrected chi connectivity index (χ0v) is 18.7. The summed E-state index contributed by atoms with van der Waals surface area (Å²) < 4.78 is 0. The Balaban J connectivity index is 1.42. The molecule has 1 fully saturated rings. The van der Waals surface area contributed by atoms with Crippen molar-refractivity contribution in [3.05, 3.63) is 89.5 Å². The van der Waals surface area contributed by atoms with E-state index < -0.39 is 0 Å². The van der Waals surface area contributed by atoms with Crippen LogP contribution in [0.15, 0.2) is 55.9 Å². The van der Waals surface area contributed by atoms with E-state index >= 15 is 0 Å². The number of aromatic nitrogens is 3. The highest BCUT2D eigenvalue weighted by Crippen LogP contribution is 2.29. The summed E-state index contributed by atoms with van der Waals surface area (Å²) in [6.45, 7) is 13.1. The minimum absolute atomic E-state index is 0.0383. The summed E-state index contributed by atoms with van der Waals surface area (Å²) in [5.74, 6) is 1.07. The van der Waals surface area contributed by atoms with Gasteiger partial charge < -0.3 is 4.90 Å². The molecular weight excluding hydrogens is 396 g/mol. The molecule has 0 N–H and O–H groups in total. The first-order valence-corrected chi connectivity index (χ1v) is 11.0. The molecule has 5 heteroatoms. The third kappa shape index (κ3) is 4.24. The van der Waals surface area contributed by atoms with E-state index in [0.717, 1.165) is 35.4 Å². The second-order valence-electron chi connectivity index (χ2n) is 8.23. The monoisotopic (exact) mass is 424 g/mol. The van der Waals surface area contributed by atoms with Crippen molar-refractivity contribution in [1.82, 2.24) is 19.9 Å². The Bertz CT molecular complexity index is 1160. The molecule has 1 aliphatic heterocycles. The van der Waals surface area contributed by atoms with Crippen LogP contribution in [0.1, 0.15) is 57.2 Å². The van der Waals surface area contributed by atoms with Crippen LogP contribution in [-0.2, 0) is 0 Å². The van der Waals surface area contributed by atoms with E-state index in [1.54, 1.807) is 18.2 Å². The predicted molar refractivity (Wildman–Crippen MR) is 129 cm³/mol. The second-order valence-corrected chi connectivity index (χ2v) is 8.23. The molecule has 3 heterocycles. The highest BCUT2D eigenvalue weighted by molar-refractivity contribution is 5.93. The molecule has 0 spiro atoms. The van der Waals surface area contributed by atoms with Crippen molar-refractivity contribution in [3.63, 3.8) is 0 Å². The molecule has 2 aromatic heterocycles. The fourth-order valence-corrected chi connectivity index (χ4v) is 4.20. The van der Waals surface area contributed by atoms with Crippen molar-refractivity contribution in [2.45, 2.75) is 32.6 Å². The summed E-state index contributed by atoms with van der Waals surface area (Å²) in [4.78, 5) is 28.6. The number of carbonyl (C=O) groups excluding carboxylic acids is 1. The van der Waals surface area contributed by atoms with Gasteiger partial charge in [-0.3, -0.25) is 4.79 Å². The quantitative estimate of drug-likeness (QED) is 0.546. The number of carbonyl (C=O) groups is 1. The molecule has 0 saturated carbocycles. The maximum absolute atomic E-state index is 13.0. The highest BCUT2D eigenvalue weighted by atomic mass is 16.2. The number of nitrogens with zero attached hydrogens (tertiary/aromatic N) is 4. The molecule has 0 atom stereocenters. The van der Waals surface area contributed by atoms with E-state index in [1.165, 1.54) is 11.1 Å². The Kier molecular flexibility index (Phi) is 6.26. The maximum Gasteiger partial charge on any atom is 0.272 e. The van der Waals surface area contributed by atoms with E-state index in [2.05, 4.69) is 54.1 Å². The fourth-order valence-electron chi connectivity index (χ4n) is 4.20. The van der Waals surface area contributed by atoms with Gasteiger partial charge in [-0.1, -0.05) is 43.5 Å². The molecule has 5 nitrogen and oxygen atoms in total. The SMILES string of the molecule is C=Cc1ccc(C(=O)N2CCC(c3cnc(-c4cccc(C)c4C)nc3)CC2)nc1C=C. The molecule has 162 valence electrons. The highest BCUT2D eigenvalue weighted by Gasteiger charge is 2.26. The van der Waals surface area contributed by atoms with Gasteiger partial charge in [0.05, 0.1) is 5.69 Å². The van der Waals surface area contributed by atoms with Gasteiger partial charge in [0.1, 0.15) is 5.69 Å². The molecule has 1 aliphatic rings. The molecule has 0 aliphatic carbocycles. The first-order chi connectivity index (χ1) is 15.5. The summed E-state index contributed by atoms with van der Waals surface area (Å²) in [7, 11) is 0. The third-order valence-electron chi connectivity index (χ3n) is 6.36. The number of hydrogen-bond donors (Lipinski definition) is 0. The number of benzene rings is 1. The van der Waals surface area contributed by atoms with Gasteiger partial charge in [-0.25, -0.2) is 15.0 Å². The summed E-state index contributed by atoms with van der Waals surface area (Å²) >= 11 is 0. The van der Waals surface area contributed by atoms with Crippen LogP contribution in [0.4, 0.5) is 0 Å². The van der Waals surface area contributed by atoms with Gasteiger partial charge in [0.25, 0.3) is 5.91 Å². The molecule has 0 unspecified atom stereocenters. The van der Waals surface area contributed by atoms with Gasteiger partial charge in [0, 0.05) is 31.0 Å². The first-order valence-electron chi connectivity index (χ1n) is 11.0. The lowest BCUT2D eigenvalue weighted by Crippen LogP contribution is -2.38. The second kappa shape index (κ2) is 9.27. The van der Waals surface area contributed by atoms with Crippen molar-refractivity contribution < 1.29 is 4.79 Å². The topological polar surface area (TPSA) is 59.0 Å². The van der Waals surface area contributed by atoms with E-state index in [1.807, 2.05) is 29.4 Å². The van der Waals surface area contributed by atoms with Gasteiger partial charge in [0.15, 0.2) is 5.82 Å². The van der Waals surface area contributed by atoms with Crippen LogP contribution in [0.3, 0.4) is 0 Å². The van der Waals surface area contributed by atoms with Crippen molar-refractivity contribution in [3.8, 4) is 11.4 Å². The third-order valence-corrected chi connectivity index (χ3v) is 6.36. The van der Waals surface area contributed by atoms with Gasteiger partial charge >= 0.3 is 0 Å². The average molecular weight is 425 g/mol. The number of piperidine rings is 1. The number of pyridine rings is 1. The Morgan fingerprint density at radius 1 is 1.03 bits per heavy atom. The Labute approximate surface area is 189 Å². The Hall–Kier alpha value is -3.60. The lowest BCUT2D eigenvalue weighted by molar-refractivity contribution is 0.0707. The van der Waals surface area contributed by atoms with Crippen LogP contribution in [0.5, 0.6) is 0 Å². The van der Waals surface area contributed by atoms with Crippen LogP contribution in [0.25, 0.3) is 23.5 Å². The molecule has 1 amide bonds. The maximum atomic E-state index is 13.0. The van der Waals surface area contributed by atoms with Crippen LogP contribution in [0.2, 0.25) is 0 Å². The average Bonchev–Trinajstić information content (AvgIpc) is 2.85. The van der Waals surface area contributed by atoms with Crippen molar-refractivity contribution >= 4 is 18.1 Å². The summed E-state index contributed by atoms with van der Waals surface area (Å²) in [5, 5.41) is 0. The van der Waals surface area contributed by atoms with Gasteiger partial charge in [-0.05, 0) is 67.0 Å². The molecule has 1 aromatic carbocycles. The molecule has 1 saturated heterocycles. The van der Waals surface area contributed by atoms with Gasteiger partial charge in [-0.15, -0.1) is 0 Å². The minimum atomic E-state index is -0.0383. The van der Waals surface area contributed by atoms with Gasteiger partial charge in [-0.2, -0.15) is 0 Å². The standard InChI is InChI=1S/C27H28N4O/c1-5-20-10-11-25(30-24(20)6-2)27(32)31-14-12-21(13-15-31)22-16-28-26(29-17-22)23-9-7-8-18(3)19(23)4/h5-11,16-17,21H,1-2,12-15H2,3-4H3. The van der Waals surface area contributed by atoms with Crippen LogP contribution in [0, 0.1) is 13.8 Å². The summed E-state index contributed by atoms with van der Waals surface area (Å²) in [6, 6.07) is 9.84. The lowest BCUT2D eigenvalue weighted by Gasteiger charge is -2.32. The van der Waals surface area contributed by atoms with Crippen molar-refractivity contribution in [2.75, 3.05) is 13.1 Å². The normalized spacial score (nSPS) is 14.2. The predicted octanol–water partition coefficient (Wildman–Crippen LogP) is 5.46. The summed E-state index contributed by atoms with van der Waals surface area (Å²) in [5.41, 5.74) is 6.66. The zero-order valence-electron chi connectivity index (χ0n) is 18.7. The minimum Gasteiger partial charge on any atom is -0.337 e. The molecule has 4 rings (SSSR count). The summed E-state index contributed by atoms with van der Waals surface area (Å²) in [6.07, 6.45) is 9.03. The molecular formula is C27H28N4O. The number of rotatable bonds is 5. The van der Waals surface area contributed by atoms with E-state index in [4.69, 9.17) is 0 Å². The van der Waals surface area contributed by atoms with Gasteiger partial charge in [0.2, 0.25) is 0 Å². The smallest absolute Gasteiger partial charge is 0.272 e.